The Morgan fingerprint density at radius 3 is 2.40 bits per heavy atom. The van der Waals surface area contributed by atoms with Crippen molar-refractivity contribution < 1.29 is 68.3 Å². The summed E-state index contributed by atoms with van der Waals surface area (Å²) in [6.45, 7) is -1.59. The Labute approximate surface area is 293 Å². The van der Waals surface area contributed by atoms with Gasteiger partial charge in [-0.1, -0.05) is 18.2 Å². The van der Waals surface area contributed by atoms with Gasteiger partial charge in [-0.15, -0.1) is 0 Å². The van der Waals surface area contributed by atoms with Crippen molar-refractivity contribution in [1.82, 2.24) is 25.9 Å². The van der Waals surface area contributed by atoms with E-state index in [1.54, 1.807) is 6.07 Å². The van der Waals surface area contributed by atoms with E-state index >= 15 is 0 Å². The highest BCUT2D eigenvalue weighted by atomic mass is 31.2. The number of nitrogens with one attached hydrogen (secondary N) is 4. The summed E-state index contributed by atoms with van der Waals surface area (Å²) in [6.07, 6.45) is -7.20. The number of amides is 2. The Balaban J connectivity index is 1.50. The molecule has 22 heteroatoms. The fourth-order valence-electron chi connectivity index (χ4n) is 5.39. The van der Waals surface area contributed by atoms with Gasteiger partial charge in [-0.3, -0.25) is 28.7 Å². The molecule has 3 aromatic rings. The van der Waals surface area contributed by atoms with Crippen LogP contribution in [0.3, 0.4) is 0 Å². The number of carboxylic acids is 2. The zero-order chi connectivity index (χ0) is 38.4. The average molecular weight is 753 g/mol. The number of ether oxygens (including phenoxy) is 1. The third-order valence-electron chi connectivity index (χ3n) is 8.00. The third-order valence-corrected chi connectivity index (χ3v) is 8.48. The first-order valence-electron chi connectivity index (χ1n) is 15.4. The number of benzene rings is 2. The van der Waals surface area contributed by atoms with Gasteiger partial charge in [0, 0.05) is 24.9 Å². The van der Waals surface area contributed by atoms with E-state index in [0.717, 1.165) is 0 Å². The molecule has 21 nitrogen and oxygen atoms in total. The standard InChI is InChI=1S/C30H37N6O15P/c31-29-34-18-6-1-14(9-17(18)26(43)36-29)10-30(46,16-4-2-15(3-5-16)25(42)33-19(28(44)45)7-8-22(38)39)13-32-11-21(37)35-27-24(41)23(40)20(51-27)12-50-52(47,48)49/h1-6,9,19-20,23-24,27,32,40-41,46H,7-8,10-13H2,(H,33,42)(H,35,37)(H,38,39)(H,44,45)(H2,47,48,49)(H3,31,34,36,43)/t19-,20+,23+,24+,27+,30+/m0/s1. The Kier molecular flexibility index (Phi) is 12.8. The lowest BCUT2D eigenvalue weighted by Crippen LogP contribution is -2.48. The summed E-state index contributed by atoms with van der Waals surface area (Å²) in [4.78, 5) is 84.7. The van der Waals surface area contributed by atoms with Crippen LogP contribution in [0.5, 0.6) is 0 Å². The summed E-state index contributed by atoms with van der Waals surface area (Å²) in [5, 5.41) is 58.2. The van der Waals surface area contributed by atoms with Gasteiger partial charge in [0.15, 0.2) is 6.23 Å². The van der Waals surface area contributed by atoms with Crippen molar-refractivity contribution in [3.05, 3.63) is 69.5 Å². The quantitative estimate of drug-likeness (QED) is 0.0621. The maximum atomic E-state index is 12.8. The molecule has 0 spiro atoms. The molecule has 0 bridgehead atoms. The number of aliphatic hydroxyl groups is 3. The predicted octanol–water partition coefficient (Wildman–Crippen LogP) is -2.75. The number of phosphoric ester groups is 1. The molecule has 4 rings (SSSR count). The number of hydrogen-bond acceptors (Lipinski definition) is 14. The van der Waals surface area contributed by atoms with Crippen LogP contribution in [0.4, 0.5) is 5.95 Å². The predicted molar refractivity (Wildman–Crippen MR) is 176 cm³/mol. The molecule has 2 amide bonds. The van der Waals surface area contributed by atoms with Gasteiger partial charge in [-0.05, 0) is 41.8 Å². The Morgan fingerprint density at radius 1 is 1.08 bits per heavy atom. The number of carboxylic acid groups (broad SMARTS) is 2. The Bertz CT molecular complexity index is 1900. The molecule has 0 radical (unpaired) electrons. The van der Waals surface area contributed by atoms with Gasteiger partial charge in [0.2, 0.25) is 11.9 Å². The number of H-pyrrole nitrogens is 1. The van der Waals surface area contributed by atoms with Gasteiger partial charge in [-0.25, -0.2) is 14.3 Å². The minimum atomic E-state index is -4.91. The summed E-state index contributed by atoms with van der Waals surface area (Å²) in [5.74, 6) is -4.37. The average Bonchev–Trinajstić information content (AvgIpc) is 3.33. The van der Waals surface area contributed by atoms with Crippen LogP contribution < -0.4 is 27.2 Å². The number of carbonyl (C=O) groups is 4. The number of rotatable bonds is 17. The molecule has 1 saturated heterocycles. The van der Waals surface area contributed by atoms with Crippen molar-refractivity contribution in [3.63, 3.8) is 0 Å². The summed E-state index contributed by atoms with van der Waals surface area (Å²) in [7, 11) is -4.91. The molecule has 52 heavy (non-hydrogen) atoms. The van der Waals surface area contributed by atoms with Crippen LogP contribution in [0.1, 0.15) is 34.3 Å². The van der Waals surface area contributed by atoms with Crippen LogP contribution in [0, 0.1) is 0 Å². The molecule has 0 unspecified atom stereocenters. The second kappa shape index (κ2) is 16.7. The molecule has 1 aromatic heterocycles. The first-order chi connectivity index (χ1) is 24.3. The third kappa shape index (κ3) is 10.6. The molecule has 0 aliphatic carbocycles. The van der Waals surface area contributed by atoms with Crippen molar-refractivity contribution in [3.8, 4) is 0 Å². The van der Waals surface area contributed by atoms with Crippen molar-refractivity contribution in [2.24, 2.45) is 0 Å². The second-order valence-corrected chi connectivity index (χ2v) is 13.2. The number of nitrogens with zero attached hydrogens (tertiary/aromatic N) is 1. The van der Waals surface area contributed by atoms with E-state index in [0.29, 0.717) is 11.1 Å². The van der Waals surface area contributed by atoms with Gasteiger partial charge in [0.1, 0.15) is 30.0 Å². The van der Waals surface area contributed by atoms with Crippen LogP contribution in [-0.2, 0) is 40.2 Å². The van der Waals surface area contributed by atoms with Crippen LogP contribution in [0.2, 0.25) is 0 Å². The number of hydrogen-bond donors (Lipinski definition) is 12. The summed E-state index contributed by atoms with van der Waals surface area (Å²) in [5.41, 5.74) is 4.20. The van der Waals surface area contributed by atoms with E-state index in [2.05, 4.69) is 30.4 Å². The molecule has 1 fully saturated rings. The number of aliphatic hydroxyl groups excluding tert-OH is 2. The maximum absolute atomic E-state index is 12.8. The highest BCUT2D eigenvalue weighted by molar-refractivity contribution is 7.46. The zero-order valence-corrected chi connectivity index (χ0v) is 27.9. The minimum absolute atomic E-state index is 0.0114. The molecular formula is C30H37N6O15P. The summed E-state index contributed by atoms with van der Waals surface area (Å²) in [6, 6.07) is 8.48. The molecule has 282 valence electrons. The molecule has 13 N–H and O–H groups in total. The van der Waals surface area contributed by atoms with Crippen molar-refractivity contribution >= 4 is 48.4 Å². The van der Waals surface area contributed by atoms with Gasteiger partial charge >= 0.3 is 19.8 Å². The van der Waals surface area contributed by atoms with E-state index < -0.39 is 92.9 Å². The SMILES string of the molecule is Nc1nc2ccc(C[C@@](O)(CNCC(=O)N[C@@H]3O[C@H](COP(=O)(O)O)[C@@H](O)[C@H]3O)c3ccc(C(=O)N[C@@H](CCC(=O)O)C(=O)O)cc3)cc2c(=O)[nH]1. The van der Waals surface area contributed by atoms with E-state index in [1.165, 1.54) is 36.4 Å². The molecule has 1 aliphatic rings. The number of aromatic nitrogens is 2. The first-order valence-corrected chi connectivity index (χ1v) is 17.0. The highest BCUT2D eigenvalue weighted by Gasteiger charge is 2.44. The molecule has 6 atom stereocenters. The number of aliphatic carboxylic acids is 2. The lowest BCUT2D eigenvalue weighted by atomic mass is 9.86. The zero-order valence-electron chi connectivity index (χ0n) is 27.0. The van der Waals surface area contributed by atoms with E-state index in [4.69, 9.17) is 25.4 Å². The van der Waals surface area contributed by atoms with Crippen LogP contribution in [0.25, 0.3) is 10.9 Å². The lowest BCUT2D eigenvalue weighted by molar-refractivity contribution is -0.140. The van der Waals surface area contributed by atoms with Gasteiger partial charge in [0.05, 0.1) is 24.1 Å². The molecular weight excluding hydrogens is 715 g/mol. The number of carbonyl (C=O) groups excluding carboxylic acids is 2. The fraction of sp³-hybridized carbons (Fsp3) is 0.400. The van der Waals surface area contributed by atoms with Crippen LogP contribution >= 0.6 is 7.82 Å². The van der Waals surface area contributed by atoms with Gasteiger partial charge in [0.25, 0.3) is 11.5 Å². The fourth-order valence-corrected chi connectivity index (χ4v) is 5.73. The van der Waals surface area contributed by atoms with Crippen LogP contribution in [0.15, 0.2) is 47.3 Å². The number of anilines is 1. The highest BCUT2D eigenvalue weighted by Crippen LogP contribution is 2.37. The summed E-state index contributed by atoms with van der Waals surface area (Å²) < 4.78 is 20.6. The lowest BCUT2D eigenvalue weighted by Gasteiger charge is -2.30. The maximum Gasteiger partial charge on any atom is 0.469 e. The minimum Gasteiger partial charge on any atom is -0.481 e. The second-order valence-electron chi connectivity index (χ2n) is 11.9. The van der Waals surface area contributed by atoms with E-state index in [9.17, 15) is 49.0 Å². The smallest absolute Gasteiger partial charge is 0.469 e. The van der Waals surface area contributed by atoms with Crippen molar-refractivity contribution in [1.29, 1.82) is 0 Å². The molecule has 1 aliphatic heterocycles. The van der Waals surface area contributed by atoms with Crippen molar-refractivity contribution in [2.75, 3.05) is 25.4 Å². The van der Waals surface area contributed by atoms with Crippen LogP contribution in [-0.4, -0.2) is 119 Å². The number of nitrogen functional groups attached to an aromatic ring is 1. The molecule has 2 aromatic carbocycles. The number of nitrogens with two attached hydrogens (primary N) is 1. The largest absolute Gasteiger partial charge is 0.481 e. The molecule has 2 heterocycles. The van der Waals surface area contributed by atoms with Crippen molar-refractivity contribution in [2.45, 2.75) is 55.4 Å². The van der Waals surface area contributed by atoms with Gasteiger partial charge < -0.3 is 61.7 Å². The number of phosphoric acid groups is 1. The normalized spacial score (nSPS) is 20.6. The van der Waals surface area contributed by atoms with E-state index in [1.807, 2.05) is 0 Å². The number of aromatic amines is 1. The monoisotopic (exact) mass is 752 g/mol. The van der Waals surface area contributed by atoms with Gasteiger partial charge in [-0.2, -0.15) is 0 Å². The Morgan fingerprint density at radius 2 is 1.77 bits per heavy atom. The topological polar surface area (TPSA) is 353 Å². The Hall–Kier alpha value is -4.83. The number of fused-ring (bicyclic) bond motifs is 1. The van der Waals surface area contributed by atoms with E-state index in [-0.39, 0.29) is 41.8 Å². The first kappa shape index (κ1) is 39.9. The summed E-state index contributed by atoms with van der Waals surface area (Å²) >= 11 is 0. The molecule has 0 saturated carbocycles.